The van der Waals surface area contributed by atoms with Crippen LogP contribution in [0, 0.1) is 6.92 Å². The molecule has 8 aromatic carbocycles. The molecule has 0 saturated carbocycles. The van der Waals surface area contributed by atoms with Crippen LogP contribution in [0.15, 0.2) is 183 Å². The Morgan fingerprint density at radius 3 is 1.79 bits per heavy atom. The van der Waals surface area contributed by atoms with E-state index in [1.807, 2.05) is 18.2 Å². The van der Waals surface area contributed by atoms with Crippen molar-refractivity contribution in [3.8, 4) is 33.4 Å². The number of allylic oxidation sites excluding steroid dienone is 3. The van der Waals surface area contributed by atoms with Gasteiger partial charge in [0.1, 0.15) is 0 Å². The quantitative estimate of drug-likeness (QED) is 0.111. The van der Waals surface area contributed by atoms with Crippen LogP contribution >= 0.6 is 0 Å². The molecule has 0 aliphatic heterocycles. The molecule has 8 rings (SSSR count). The summed E-state index contributed by atoms with van der Waals surface area (Å²) < 4.78 is 0. The highest BCUT2D eigenvalue weighted by Gasteiger charge is 2.20. The second-order valence-corrected chi connectivity index (χ2v) is 13.4. The predicted molar refractivity (Wildman–Crippen MR) is 234 cm³/mol. The van der Waals surface area contributed by atoms with Crippen molar-refractivity contribution in [3.63, 3.8) is 0 Å². The zero-order valence-electron chi connectivity index (χ0n) is 29.5. The third-order valence-electron chi connectivity index (χ3n) is 10.2. The number of benzene rings is 8. The average Bonchev–Trinajstić information content (AvgIpc) is 3.19. The summed E-state index contributed by atoms with van der Waals surface area (Å²) in [4.78, 5) is 0. The predicted octanol–water partition coefficient (Wildman–Crippen LogP) is 13.3. The van der Waals surface area contributed by atoms with Crippen LogP contribution < -0.4 is 10.4 Å². The Morgan fingerprint density at radius 1 is 0.509 bits per heavy atom. The van der Waals surface area contributed by atoms with Crippen molar-refractivity contribution in [3.05, 3.63) is 210 Å². The maximum atomic E-state index is 3.93. The zero-order chi connectivity index (χ0) is 35.4. The van der Waals surface area contributed by atoms with Crippen molar-refractivity contribution in [2.24, 2.45) is 0 Å². The molecule has 0 fully saturated rings. The van der Waals surface area contributed by atoms with Gasteiger partial charge in [0.25, 0.3) is 0 Å². The SMILES string of the molecule is C.C=C/C=C\c1c(C)cccc1-c1ccccc1-c1c2ccccc2c(-c2ccc3cc(C/C=c4/cccc/c4=C/C=C)ccc3c2)c2ccccc12. The molecule has 0 aromatic heterocycles. The first-order valence-corrected chi connectivity index (χ1v) is 18.0. The van der Waals surface area contributed by atoms with Crippen LogP contribution in [0.1, 0.15) is 24.1 Å². The summed E-state index contributed by atoms with van der Waals surface area (Å²) in [6.07, 6.45) is 13.1. The summed E-state index contributed by atoms with van der Waals surface area (Å²) in [5.74, 6) is 0. The van der Waals surface area contributed by atoms with E-state index < -0.39 is 0 Å². The molecular formula is C53H44. The van der Waals surface area contributed by atoms with E-state index in [4.69, 9.17) is 0 Å². The maximum absolute atomic E-state index is 3.93. The lowest BCUT2D eigenvalue weighted by Gasteiger charge is -2.20. The van der Waals surface area contributed by atoms with Gasteiger partial charge < -0.3 is 0 Å². The second kappa shape index (κ2) is 15.4. The maximum Gasteiger partial charge on any atom is -0.00201 e. The summed E-state index contributed by atoms with van der Waals surface area (Å²) in [5.41, 5.74) is 11.2. The fourth-order valence-corrected chi connectivity index (χ4v) is 7.75. The molecule has 0 aliphatic carbocycles. The molecule has 0 spiro atoms. The fourth-order valence-electron chi connectivity index (χ4n) is 7.75. The Labute approximate surface area is 313 Å². The van der Waals surface area contributed by atoms with Crippen molar-refractivity contribution >= 4 is 50.5 Å². The van der Waals surface area contributed by atoms with Crippen LogP contribution in [0.2, 0.25) is 0 Å². The molecule has 8 aromatic rings. The van der Waals surface area contributed by atoms with Gasteiger partial charge in [0.15, 0.2) is 0 Å². The van der Waals surface area contributed by atoms with Crippen LogP contribution in [0.25, 0.3) is 83.9 Å². The highest BCUT2D eigenvalue weighted by atomic mass is 14.2. The summed E-state index contributed by atoms with van der Waals surface area (Å²) in [5, 5.41) is 9.91. The van der Waals surface area contributed by atoms with E-state index in [1.54, 1.807) is 0 Å². The minimum atomic E-state index is 0. The van der Waals surface area contributed by atoms with Gasteiger partial charge in [0.05, 0.1) is 0 Å². The van der Waals surface area contributed by atoms with E-state index in [0.717, 1.165) is 6.42 Å². The molecule has 0 heterocycles. The van der Waals surface area contributed by atoms with Crippen molar-refractivity contribution in [1.82, 2.24) is 0 Å². The molecule has 256 valence electrons. The highest BCUT2D eigenvalue weighted by molar-refractivity contribution is 6.22. The smallest absolute Gasteiger partial charge is 0.00201 e. The van der Waals surface area contributed by atoms with Crippen molar-refractivity contribution in [2.45, 2.75) is 20.8 Å². The first kappa shape index (κ1) is 34.9. The standard InChI is InChI=1S/C52H40.CH4/c1-4-6-20-43-36(3)17-15-27-44(43)45-21-9-10-22-46(45)52-49-25-13-11-23-47(49)51(48-24-12-14-26-50(48)52)42-33-32-40-34-37(29-31-41(40)35-42)28-30-39-19-8-7-18-38(39)16-5-2;/h4-27,29-35H,1-2,28H2,3H3;1H4/b20-6-,38-16-,39-30-;. The lowest BCUT2D eigenvalue weighted by molar-refractivity contribution is 1.33. The Morgan fingerprint density at radius 2 is 1.09 bits per heavy atom. The molecule has 0 N–H and O–H groups in total. The third-order valence-corrected chi connectivity index (χ3v) is 10.2. The van der Waals surface area contributed by atoms with Gasteiger partial charge in [-0.3, -0.25) is 0 Å². The monoisotopic (exact) mass is 680 g/mol. The average molecular weight is 681 g/mol. The van der Waals surface area contributed by atoms with Crippen molar-refractivity contribution in [1.29, 1.82) is 0 Å². The minimum absolute atomic E-state index is 0. The van der Waals surface area contributed by atoms with E-state index in [-0.39, 0.29) is 7.43 Å². The van der Waals surface area contributed by atoms with Crippen LogP contribution in [-0.2, 0) is 6.42 Å². The van der Waals surface area contributed by atoms with Crippen LogP contribution in [0.3, 0.4) is 0 Å². The summed E-state index contributed by atoms with van der Waals surface area (Å²) >= 11 is 0. The molecule has 0 unspecified atom stereocenters. The van der Waals surface area contributed by atoms with Gasteiger partial charge >= 0.3 is 0 Å². The number of hydrogen-bond acceptors (Lipinski definition) is 0. The molecule has 0 bridgehead atoms. The largest absolute Gasteiger partial charge is 0.0991 e. The molecule has 0 aliphatic rings. The Bertz CT molecular complexity index is 2750. The van der Waals surface area contributed by atoms with E-state index in [9.17, 15) is 0 Å². The first-order valence-electron chi connectivity index (χ1n) is 18.0. The Kier molecular flexibility index (Phi) is 10.1. The molecule has 0 amide bonds. The molecule has 0 nitrogen and oxygen atoms in total. The van der Waals surface area contributed by atoms with E-state index >= 15 is 0 Å². The first-order chi connectivity index (χ1) is 25.6. The number of aryl methyl sites for hydroxylation is 1. The Balaban J connectivity index is 0.00000435. The topological polar surface area (TPSA) is 0 Å². The van der Waals surface area contributed by atoms with Gasteiger partial charge in [-0.15, -0.1) is 0 Å². The van der Waals surface area contributed by atoms with Gasteiger partial charge in [0, 0.05) is 0 Å². The summed E-state index contributed by atoms with van der Waals surface area (Å²) in [6.45, 7) is 9.99. The van der Waals surface area contributed by atoms with Crippen molar-refractivity contribution < 1.29 is 0 Å². The van der Waals surface area contributed by atoms with Crippen molar-refractivity contribution in [2.75, 3.05) is 0 Å². The van der Waals surface area contributed by atoms with Crippen LogP contribution in [0.4, 0.5) is 0 Å². The summed E-state index contributed by atoms with van der Waals surface area (Å²) in [7, 11) is 0. The second-order valence-electron chi connectivity index (χ2n) is 13.4. The zero-order valence-corrected chi connectivity index (χ0v) is 29.5. The van der Waals surface area contributed by atoms with Gasteiger partial charge in [-0.25, -0.2) is 0 Å². The molecular weight excluding hydrogens is 637 g/mol. The highest BCUT2D eigenvalue weighted by Crippen LogP contribution is 2.47. The number of fused-ring (bicyclic) bond motifs is 3. The number of rotatable bonds is 8. The molecule has 53 heavy (non-hydrogen) atoms. The van der Waals surface area contributed by atoms with Gasteiger partial charge in [-0.2, -0.15) is 0 Å². The normalized spacial score (nSPS) is 12.1. The summed E-state index contributed by atoms with van der Waals surface area (Å²) in [6, 6.07) is 55.6. The van der Waals surface area contributed by atoms with E-state index in [1.165, 1.54) is 92.8 Å². The molecule has 0 radical (unpaired) electrons. The molecule has 0 saturated heterocycles. The van der Waals surface area contributed by atoms with Crippen LogP contribution in [0.5, 0.6) is 0 Å². The van der Waals surface area contributed by atoms with Gasteiger partial charge in [-0.05, 0) is 112 Å². The lowest BCUT2D eigenvalue weighted by Crippen LogP contribution is -2.23. The van der Waals surface area contributed by atoms with Gasteiger partial charge in [-0.1, -0.05) is 203 Å². The molecule has 0 heteroatoms. The van der Waals surface area contributed by atoms with E-state index in [0.29, 0.717) is 0 Å². The third kappa shape index (κ3) is 6.68. The lowest BCUT2D eigenvalue weighted by atomic mass is 9.82. The molecule has 0 atom stereocenters. The van der Waals surface area contributed by atoms with Gasteiger partial charge in [0.2, 0.25) is 0 Å². The van der Waals surface area contributed by atoms with E-state index in [2.05, 4.69) is 190 Å². The minimum Gasteiger partial charge on any atom is -0.0991 e. The fraction of sp³-hybridized carbons (Fsp3) is 0.0566. The Hall–Kier alpha value is -6.50. The number of hydrogen-bond donors (Lipinski definition) is 0. The van der Waals surface area contributed by atoms with Crippen LogP contribution in [-0.4, -0.2) is 0 Å².